The van der Waals surface area contributed by atoms with Gasteiger partial charge in [0.1, 0.15) is 0 Å². The Morgan fingerprint density at radius 2 is 2.07 bits per heavy atom. The minimum Gasteiger partial charge on any atom is -0.404 e. The Morgan fingerprint density at radius 1 is 1.43 bits per heavy atom. The molecule has 1 aromatic carbocycles. The Kier molecular flexibility index (Phi) is 3.61. The van der Waals surface area contributed by atoms with Crippen LogP contribution in [0, 0.1) is 0 Å². The summed E-state index contributed by atoms with van der Waals surface area (Å²) in [6, 6.07) is 8.96. The average Bonchev–Trinajstić information content (AvgIpc) is 2.26. The lowest BCUT2D eigenvalue weighted by Crippen LogP contribution is -2.08. The smallest absolute Gasteiger partial charge is 0.192 e. The van der Waals surface area contributed by atoms with Gasteiger partial charge in [0.2, 0.25) is 0 Å². The van der Waals surface area contributed by atoms with E-state index < -0.39 is 0 Å². The summed E-state index contributed by atoms with van der Waals surface area (Å²) in [4.78, 5) is 15.4. The largest absolute Gasteiger partial charge is 0.404 e. The number of hydrogen-bond acceptors (Lipinski definition) is 3. The number of ketones is 1. The number of hydrogen-bond donors (Lipinski definition) is 1. The van der Waals surface area contributed by atoms with Crippen LogP contribution in [0.2, 0.25) is 0 Å². The third-order valence-corrected chi connectivity index (χ3v) is 1.81. The zero-order valence-electron chi connectivity index (χ0n) is 7.81. The highest BCUT2D eigenvalue weighted by atomic mass is 16.1. The van der Waals surface area contributed by atoms with Crippen molar-refractivity contribution >= 4 is 12.5 Å². The minimum absolute atomic E-state index is 0.0968. The van der Waals surface area contributed by atoms with Crippen LogP contribution < -0.4 is 5.73 Å². The van der Waals surface area contributed by atoms with Gasteiger partial charge < -0.3 is 5.73 Å². The molecular formula is C11H12N2O. The molecule has 1 rings (SSSR count). The number of carbonyl (C=O) groups excluding carboxylic acids is 1. The molecule has 0 radical (unpaired) electrons. The second kappa shape index (κ2) is 4.97. The molecule has 0 heterocycles. The normalized spacial score (nSPS) is 11.0. The van der Waals surface area contributed by atoms with Gasteiger partial charge in [-0.2, -0.15) is 0 Å². The van der Waals surface area contributed by atoms with E-state index >= 15 is 0 Å². The van der Waals surface area contributed by atoms with E-state index in [4.69, 9.17) is 5.73 Å². The van der Waals surface area contributed by atoms with Gasteiger partial charge in [-0.3, -0.25) is 9.79 Å². The van der Waals surface area contributed by atoms with Crippen molar-refractivity contribution in [3.05, 3.63) is 47.7 Å². The van der Waals surface area contributed by atoms with Crippen LogP contribution in [-0.4, -0.2) is 19.0 Å². The van der Waals surface area contributed by atoms with Gasteiger partial charge in [-0.15, -0.1) is 0 Å². The molecule has 0 fully saturated rings. The van der Waals surface area contributed by atoms with Crippen LogP contribution in [-0.2, 0) is 0 Å². The van der Waals surface area contributed by atoms with Crippen LogP contribution in [0.15, 0.2) is 47.1 Å². The summed E-state index contributed by atoms with van der Waals surface area (Å²) in [6.07, 6.45) is 1.28. The summed E-state index contributed by atoms with van der Waals surface area (Å²) in [5.74, 6) is -0.0968. The number of Topliss-reactive ketones (excluding diaryl/α,β-unsaturated/α-hetero) is 1. The first-order valence-electron chi connectivity index (χ1n) is 4.22. The van der Waals surface area contributed by atoms with Crippen molar-refractivity contribution in [1.82, 2.24) is 0 Å². The van der Waals surface area contributed by atoms with E-state index in [0.29, 0.717) is 11.1 Å². The Balaban J connectivity index is 2.90. The highest BCUT2D eigenvalue weighted by Gasteiger charge is 2.09. The van der Waals surface area contributed by atoms with Crippen molar-refractivity contribution < 1.29 is 4.79 Å². The second-order valence-corrected chi connectivity index (χ2v) is 2.77. The molecule has 0 aromatic heterocycles. The maximum atomic E-state index is 11.7. The van der Waals surface area contributed by atoms with Crippen LogP contribution in [0.3, 0.4) is 0 Å². The monoisotopic (exact) mass is 188 g/mol. The number of nitrogens with zero attached hydrogens (tertiary/aromatic N) is 1. The molecule has 1 aromatic rings. The van der Waals surface area contributed by atoms with Gasteiger partial charge in [0.25, 0.3) is 0 Å². The summed E-state index contributed by atoms with van der Waals surface area (Å²) < 4.78 is 0. The first-order chi connectivity index (χ1) is 6.79. The molecule has 2 N–H and O–H groups in total. The van der Waals surface area contributed by atoms with Crippen molar-refractivity contribution in [1.29, 1.82) is 0 Å². The van der Waals surface area contributed by atoms with E-state index in [1.165, 1.54) is 6.20 Å². The van der Waals surface area contributed by atoms with E-state index in [2.05, 4.69) is 11.7 Å². The lowest BCUT2D eigenvalue weighted by Gasteiger charge is -2.01. The molecule has 0 bridgehead atoms. The van der Waals surface area contributed by atoms with E-state index in [1.807, 2.05) is 18.2 Å². The van der Waals surface area contributed by atoms with E-state index in [1.54, 1.807) is 12.1 Å². The Bertz CT molecular complexity index is 355. The van der Waals surface area contributed by atoms with E-state index in [-0.39, 0.29) is 12.3 Å². The molecule has 0 unspecified atom stereocenters. The van der Waals surface area contributed by atoms with Crippen molar-refractivity contribution in [3.63, 3.8) is 0 Å². The summed E-state index contributed by atoms with van der Waals surface area (Å²) in [5.41, 5.74) is 6.41. The van der Waals surface area contributed by atoms with Crippen LogP contribution in [0.1, 0.15) is 10.4 Å². The summed E-state index contributed by atoms with van der Waals surface area (Å²) in [6.45, 7) is 3.58. The summed E-state index contributed by atoms with van der Waals surface area (Å²) in [5, 5.41) is 0. The lowest BCUT2D eigenvalue weighted by atomic mass is 10.0. The predicted molar refractivity (Wildman–Crippen MR) is 57.5 cm³/mol. The molecule has 14 heavy (non-hydrogen) atoms. The fourth-order valence-electron chi connectivity index (χ4n) is 1.10. The molecule has 0 atom stereocenters. The van der Waals surface area contributed by atoms with Gasteiger partial charge in [0, 0.05) is 17.3 Å². The summed E-state index contributed by atoms with van der Waals surface area (Å²) in [7, 11) is 0. The zero-order valence-corrected chi connectivity index (χ0v) is 7.81. The van der Waals surface area contributed by atoms with Crippen molar-refractivity contribution in [3.8, 4) is 0 Å². The molecule has 0 spiro atoms. The highest BCUT2D eigenvalue weighted by molar-refractivity contribution is 6.08. The van der Waals surface area contributed by atoms with Crippen molar-refractivity contribution in [2.45, 2.75) is 0 Å². The molecule has 0 saturated heterocycles. The molecular weight excluding hydrogens is 176 g/mol. The van der Waals surface area contributed by atoms with Crippen molar-refractivity contribution in [2.24, 2.45) is 10.7 Å². The van der Waals surface area contributed by atoms with Gasteiger partial charge in [-0.05, 0) is 6.72 Å². The van der Waals surface area contributed by atoms with Gasteiger partial charge in [0.15, 0.2) is 5.78 Å². The van der Waals surface area contributed by atoms with Crippen LogP contribution in [0.25, 0.3) is 0 Å². The van der Waals surface area contributed by atoms with Gasteiger partial charge >= 0.3 is 0 Å². The molecule has 72 valence electrons. The van der Waals surface area contributed by atoms with Crippen LogP contribution >= 0.6 is 0 Å². The second-order valence-electron chi connectivity index (χ2n) is 2.77. The molecule has 0 aliphatic carbocycles. The highest BCUT2D eigenvalue weighted by Crippen LogP contribution is 2.07. The third-order valence-electron chi connectivity index (χ3n) is 1.81. The minimum atomic E-state index is -0.0968. The fraction of sp³-hybridized carbons (Fsp3) is 0.0909. The van der Waals surface area contributed by atoms with Crippen molar-refractivity contribution in [2.75, 3.05) is 6.54 Å². The van der Waals surface area contributed by atoms with Gasteiger partial charge in [-0.1, -0.05) is 30.3 Å². The van der Waals surface area contributed by atoms with Crippen LogP contribution in [0.4, 0.5) is 0 Å². The Morgan fingerprint density at radius 3 is 2.57 bits per heavy atom. The first kappa shape index (κ1) is 10.2. The van der Waals surface area contributed by atoms with Gasteiger partial charge in [-0.25, -0.2) is 0 Å². The third kappa shape index (κ3) is 2.29. The lowest BCUT2D eigenvalue weighted by molar-refractivity contribution is 0.103. The predicted octanol–water partition coefficient (Wildman–Crippen LogP) is 1.41. The van der Waals surface area contributed by atoms with E-state index in [9.17, 15) is 4.79 Å². The number of nitrogens with two attached hydrogens (primary N) is 1. The molecule has 0 aliphatic heterocycles. The first-order valence-corrected chi connectivity index (χ1v) is 4.22. The summed E-state index contributed by atoms with van der Waals surface area (Å²) >= 11 is 0. The Hall–Kier alpha value is -1.90. The quantitative estimate of drug-likeness (QED) is 0.441. The Labute approximate surface area is 83.0 Å². The maximum Gasteiger partial charge on any atom is 0.192 e. The molecule has 0 aliphatic rings. The number of benzene rings is 1. The number of carbonyl (C=O) groups is 1. The molecule has 3 nitrogen and oxygen atoms in total. The maximum absolute atomic E-state index is 11.7. The molecule has 0 amide bonds. The standard InChI is InChI=1S/C11H12N2O/c1-13-8-10(7-12)11(14)9-5-3-2-4-6-9/h2-7H,1,8,12H2/b10-7+. The topological polar surface area (TPSA) is 55.4 Å². The molecule has 0 saturated carbocycles. The van der Waals surface area contributed by atoms with Gasteiger partial charge in [0.05, 0.1) is 6.54 Å². The number of aliphatic imine (C=N–C) groups is 1. The number of rotatable bonds is 4. The molecule has 3 heteroatoms. The van der Waals surface area contributed by atoms with E-state index in [0.717, 1.165) is 0 Å². The fourth-order valence-corrected chi connectivity index (χ4v) is 1.10. The van der Waals surface area contributed by atoms with Crippen LogP contribution in [0.5, 0.6) is 0 Å². The SMILES string of the molecule is C=NC/C(=C\N)C(=O)c1ccccc1. The zero-order chi connectivity index (χ0) is 10.4. The average molecular weight is 188 g/mol.